The minimum Gasteiger partial charge on any atom is -0.140 e. The van der Waals surface area contributed by atoms with Crippen molar-refractivity contribution in [1.29, 1.82) is 0 Å². The lowest BCUT2D eigenvalue weighted by Crippen LogP contribution is -1.95. The predicted octanol–water partition coefficient (Wildman–Crippen LogP) is 14.1. The third-order valence-electron chi connectivity index (χ3n) is 7.89. The number of thiophene rings is 5. The van der Waals surface area contributed by atoms with Crippen LogP contribution in [0.1, 0.15) is 97.2 Å². The lowest BCUT2D eigenvalue weighted by atomic mass is 9.96. The number of hydrogen-bond acceptors (Lipinski definition) is 5. The lowest BCUT2D eigenvalue weighted by molar-refractivity contribution is 0.653. The first-order chi connectivity index (χ1) is 19.9. The molecule has 5 rings (SSSR count). The van der Waals surface area contributed by atoms with E-state index in [9.17, 15) is 0 Å². The molecule has 0 N–H and O–H groups in total. The average molecular weight is 637 g/mol. The highest BCUT2D eigenvalue weighted by atomic mass is 32.1. The molecule has 5 aromatic rings. The molecule has 0 atom stereocenters. The summed E-state index contributed by atoms with van der Waals surface area (Å²) in [5, 5.41) is 0. The summed E-state index contributed by atoms with van der Waals surface area (Å²) in [6, 6.07) is 14.1. The zero-order valence-electron chi connectivity index (χ0n) is 25.6. The van der Waals surface area contributed by atoms with Crippen LogP contribution >= 0.6 is 56.7 Å². The fraction of sp³-hybridized carbons (Fsp3) is 0.444. The predicted molar refractivity (Wildman–Crippen MR) is 192 cm³/mol. The molecule has 0 spiro atoms. The van der Waals surface area contributed by atoms with Gasteiger partial charge in [-0.15, -0.1) is 56.7 Å². The summed E-state index contributed by atoms with van der Waals surface area (Å²) in [6.45, 7) is 13.7. The van der Waals surface area contributed by atoms with Crippen LogP contribution in [0.4, 0.5) is 0 Å². The Bertz CT molecular complexity index is 1450. The fourth-order valence-corrected chi connectivity index (χ4v) is 11.8. The van der Waals surface area contributed by atoms with Crippen LogP contribution in [0.2, 0.25) is 0 Å². The van der Waals surface area contributed by atoms with Gasteiger partial charge in [0.2, 0.25) is 0 Å². The van der Waals surface area contributed by atoms with E-state index in [0.29, 0.717) is 0 Å². The van der Waals surface area contributed by atoms with Crippen LogP contribution in [0.25, 0.3) is 39.0 Å². The van der Waals surface area contributed by atoms with Gasteiger partial charge in [-0.05, 0) is 112 Å². The maximum Gasteiger partial charge on any atom is 0.0484 e. The Labute approximate surface area is 268 Å². The molecule has 0 unspecified atom stereocenters. The van der Waals surface area contributed by atoms with E-state index in [1.165, 1.54) is 114 Å². The number of hydrogen-bond donors (Lipinski definition) is 0. The summed E-state index contributed by atoms with van der Waals surface area (Å²) in [5.74, 6) is 0. The summed E-state index contributed by atoms with van der Waals surface area (Å²) in [7, 11) is 0. The molecule has 0 fully saturated rings. The fourth-order valence-electron chi connectivity index (χ4n) is 5.67. The molecule has 41 heavy (non-hydrogen) atoms. The molecule has 0 saturated carbocycles. The van der Waals surface area contributed by atoms with Crippen molar-refractivity contribution in [3.8, 4) is 39.0 Å². The van der Waals surface area contributed by atoms with Crippen molar-refractivity contribution >= 4 is 56.7 Å². The monoisotopic (exact) mass is 636 g/mol. The Morgan fingerprint density at radius 2 is 0.878 bits per heavy atom. The summed E-state index contributed by atoms with van der Waals surface area (Å²) in [6.07, 6.45) is 12.9. The van der Waals surface area contributed by atoms with Crippen LogP contribution in [0.5, 0.6) is 0 Å². The number of unbranched alkanes of at least 4 members (excludes halogenated alkanes) is 6. The molecule has 5 heteroatoms. The second-order valence-electron chi connectivity index (χ2n) is 11.4. The average Bonchev–Trinajstić information content (AvgIpc) is 3.77. The van der Waals surface area contributed by atoms with E-state index in [4.69, 9.17) is 0 Å². The van der Waals surface area contributed by atoms with Gasteiger partial charge in [0.25, 0.3) is 0 Å². The van der Waals surface area contributed by atoms with Crippen LogP contribution < -0.4 is 0 Å². The topological polar surface area (TPSA) is 0 Å². The van der Waals surface area contributed by atoms with Crippen LogP contribution in [-0.4, -0.2) is 0 Å². The standard InChI is InChI=1S/C36H44S5/c1-7-9-11-13-15-27-28(16-14-12-10-8-2)36(32-22-24(4)34(40-32)30-20-18-26(6)38-30)41-35(27)31-21-23(3)33(39-31)29-19-17-25(5)37-29/h17-22H,7-16H2,1-6H3. The van der Waals surface area contributed by atoms with Crippen molar-refractivity contribution < 1.29 is 0 Å². The molecular formula is C36H44S5. The smallest absolute Gasteiger partial charge is 0.0484 e. The van der Waals surface area contributed by atoms with E-state index >= 15 is 0 Å². The highest BCUT2D eigenvalue weighted by molar-refractivity contribution is 7.30. The van der Waals surface area contributed by atoms with Crippen molar-refractivity contribution in [2.24, 2.45) is 0 Å². The van der Waals surface area contributed by atoms with Gasteiger partial charge in [0.15, 0.2) is 0 Å². The lowest BCUT2D eigenvalue weighted by Gasteiger charge is -2.09. The third kappa shape index (κ3) is 7.18. The van der Waals surface area contributed by atoms with Gasteiger partial charge < -0.3 is 0 Å². The van der Waals surface area contributed by atoms with Crippen molar-refractivity contribution in [3.63, 3.8) is 0 Å². The van der Waals surface area contributed by atoms with Crippen LogP contribution in [-0.2, 0) is 12.8 Å². The van der Waals surface area contributed by atoms with Gasteiger partial charge in [0.1, 0.15) is 0 Å². The maximum absolute atomic E-state index is 2.49. The molecule has 0 saturated heterocycles. The maximum atomic E-state index is 2.49. The first-order valence-electron chi connectivity index (χ1n) is 15.4. The molecule has 218 valence electrons. The molecular weight excluding hydrogens is 593 g/mol. The van der Waals surface area contributed by atoms with Gasteiger partial charge in [-0.25, -0.2) is 0 Å². The second-order valence-corrected chi connectivity index (χ2v) is 17.1. The second kappa shape index (κ2) is 14.3. The molecule has 5 aromatic heterocycles. The SMILES string of the molecule is CCCCCCc1c(-c2cc(C)c(-c3ccc(C)s3)s2)sc(-c2cc(C)c(-c3ccc(C)s3)s2)c1CCCCCC. The van der Waals surface area contributed by atoms with Crippen LogP contribution in [0.15, 0.2) is 36.4 Å². The van der Waals surface area contributed by atoms with Crippen LogP contribution in [0.3, 0.4) is 0 Å². The highest BCUT2D eigenvalue weighted by Crippen LogP contribution is 2.51. The quantitative estimate of drug-likeness (QED) is 0.106. The Balaban J connectivity index is 1.61. The normalized spacial score (nSPS) is 11.7. The van der Waals surface area contributed by atoms with E-state index in [1.807, 2.05) is 45.3 Å². The zero-order chi connectivity index (χ0) is 28.9. The van der Waals surface area contributed by atoms with Gasteiger partial charge in [0, 0.05) is 48.8 Å². The summed E-state index contributed by atoms with van der Waals surface area (Å²) < 4.78 is 0. The summed E-state index contributed by atoms with van der Waals surface area (Å²) in [5.41, 5.74) is 6.16. The highest BCUT2D eigenvalue weighted by Gasteiger charge is 2.24. The first kappa shape index (κ1) is 30.9. The van der Waals surface area contributed by atoms with Gasteiger partial charge in [-0.2, -0.15) is 0 Å². The van der Waals surface area contributed by atoms with E-state index in [0.717, 1.165) is 0 Å². The molecule has 0 bridgehead atoms. The molecule has 5 heterocycles. The van der Waals surface area contributed by atoms with Gasteiger partial charge in [0.05, 0.1) is 0 Å². The van der Waals surface area contributed by atoms with Gasteiger partial charge in [-0.1, -0.05) is 52.4 Å². The zero-order valence-corrected chi connectivity index (χ0v) is 29.7. The van der Waals surface area contributed by atoms with Crippen molar-refractivity contribution in [2.75, 3.05) is 0 Å². The molecule has 0 aliphatic rings. The first-order valence-corrected chi connectivity index (χ1v) is 19.5. The Hall–Kier alpha value is -1.50. The van der Waals surface area contributed by atoms with E-state index in [-0.39, 0.29) is 0 Å². The third-order valence-corrected chi connectivity index (χ3v) is 14.4. The molecule has 0 nitrogen and oxygen atoms in total. The minimum atomic E-state index is 1.21. The number of aryl methyl sites for hydroxylation is 4. The molecule has 0 radical (unpaired) electrons. The van der Waals surface area contributed by atoms with Crippen molar-refractivity contribution in [3.05, 3.63) is 68.4 Å². The van der Waals surface area contributed by atoms with E-state index < -0.39 is 0 Å². The molecule has 0 aliphatic heterocycles. The van der Waals surface area contributed by atoms with E-state index in [1.54, 1.807) is 20.9 Å². The van der Waals surface area contributed by atoms with E-state index in [2.05, 4.69) is 89.3 Å². The van der Waals surface area contributed by atoms with Crippen LogP contribution in [0, 0.1) is 27.7 Å². The Morgan fingerprint density at radius 3 is 1.24 bits per heavy atom. The van der Waals surface area contributed by atoms with Gasteiger partial charge >= 0.3 is 0 Å². The Kier molecular flexibility index (Phi) is 10.8. The summed E-state index contributed by atoms with van der Waals surface area (Å²) >= 11 is 9.99. The van der Waals surface area contributed by atoms with Gasteiger partial charge in [-0.3, -0.25) is 0 Å². The minimum absolute atomic E-state index is 1.21. The largest absolute Gasteiger partial charge is 0.140 e. The van der Waals surface area contributed by atoms with Crippen molar-refractivity contribution in [1.82, 2.24) is 0 Å². The number of rotatable bonds is 14. The molecule has 0 aliphatic carbocycles. The Morgan fingerprint density at radius 1 is 0.439 bits per heavy atom. The summed E-state index contributed by atoms with van der Waals surface area (Å²) in [4.78, 5) is 14.6. The molecule has 0 aromatic carbocycles. The molecule has 0 amide bonds. The van der Waals surface area contributed by atoms with Crippen molar-refractivity contribution in [2.45, 2.75) is 106 Å².